The highest BCUT2D eigenvalue weighted by atomic mass is 16.5. The lowest BCUT2D eigenvalue weighted by Gasteiger charge is -2.16. The summed E-state index contributed by atoms with van der Waals surface area (Å²) in [5.74, 6) is -0.0352. The summed E-state index contributed by atoms with van der Waals surface area (Å²) in [4.78, 5) is 36.2. The lowest BCUT2D eigenvalue weighted by Crippen LogP contribution is -2.31. The molecule has 0 fully saturated rings. The molecule has 0 bridgehead atoms. The average molecular weight is 433 g/mol. The second-order valence-electron chi connectivity index (χ2n) is 7.22. The first kappa shape index (κ1) is 21.2. The van der Waals surface area contributed by atoms with Gasteiger partial charge in [-0.05, 0) is 6.07 Å². The number of fused-ring (bicyclic) bond motifs is 1. The lowest BCUT2D eigenvalue weighted by atomic mass is 10.2. The van der Waals surface area contributed by atoms with E-state index in [0.717, 1.165) is 11.3 Å². The molecule has 0 radical (unpaired) electrons. The van der Waals surface area contributed by atoms with E-state index in [-0.39, 0.29) is 17.2 Å². The van der Waals surface area contributed by atoms with Crippen LogP contribution in [0.3, 0.4) is 0 Å². The number of nitrogens with zero attached hydrogens (tertiary/aromatic N) is 6. The Morgan fingerprint density at radius 3 is 2.69 bits per heavy atom. The van der Waals surface area contributed by atoms with Gasteiger partial charge in [0.25, 0.3) is 11.8 Å². The van der Waals surface area contributed by atoms with Gasteiger partial charge in [0.15, 0.2) is 0 Å². The average Bonchev–Trinajstić information content (AvgIpc) is 3.40. The van der Waals surface area contributed by atoms with Crippen LogP contribution in [0.5, 0.6) is 0 Å². The van der Waals surface area contributed by atoms with Gasteiger partial charge in [0, 0.05) is 45.7 Å². The highest BCUT2D eigenvalue weighted by Gasteiger charge is 2.24. The van der Waals surface area contributed by atoms with E-state index in [4.69, 9.17) is 4.74 Å². The number of imidazole rings is 1. The van der Waals surface area contributed by atoms with Gasteiger partial charge >= 0.3 is 0 Å². The predicted octanol–water partition coefficient (Wildman–Crippen LogP) is 2.10. The summed E-state index contributed by atoms with van der Waals surface area (Å²) in [5.41, 5.74) is 2.10. The number of aromatic nitrogens is 5. The lowest BCUT2D eigenvalue weighted by molar-refractivity contribution is 0.0740. The van der Waals surface area contributed by atoms with E-state index < -0.39 is 5.91 Å². The molecule has 32 heavy (non-hydrogen) atoms. The number of anilines is 1. The molecule has 1 N–H and O–H groups in total. The minimum atomic E-state index is -0.486. The predicted molar refractivity (Wildman–Crippen MR) is 118 cm³/mol. The van der Waals surface area contributed by atoms with Gasteiger partial charge in [-0.3, -0.25) is 18.7 Å². The smallest absolute Gasteiger partial charge is 0.275 e. The minimum absolute atomic E-state index is 0.147. The molecule has 0 atom stereocenters. The number of benzene rings is 1. The van der Waals surface area contributed by atoms with Crippen molar-refractivity contribution < 1.29 is 14.3 Å². The maximum absolute atomic E-state index is 13.0. The number of likely N-dealkylation sites (N-methyl/N-ethyl adjacent to an activating group) is 1. The molecule has 164 valence electrons. The Bertz CT molecular complexity index is 1260. The monoisotopic (exact) mass is 433 g/mol. The van der Waals surface area contributed by atoms with Crippen molar-refractivity contribution in [1.29, 1.82) is 0 Å². The van der Waals surface area contributed by atoms with E-state index in [1.165, 1.54) is 15.8 Å². The maximum atomic E-state index is 13.0. The maximum Gasteiger partial charge on any atom is 0.275 e. The topological polar surface area (TPSA) is 107 Å². The van der Waals surface area contributed by atoms with Crippen LogP contribution in [0.15, 0.2) is 55.0 Å². The van der Waals surface area contributed by atoms with E-state index >= 15 is 0 Å². The van der Waals surface area contributed by atoms with Crippen LogP contribution in [0.1, 0.15) is 20.8 Å². The number of carbonyl (C=O) groups is 2. The molecule has 3 heterocycles. The first-order chi connectivity index (χ1) is 15.5. The van der Waals surface area contributed by atoms with Crippen LogP contribution >= 0.6 is 0 Å². The Hall–Kier alpha value is -4.05. The molecular weight excluding hydrogens is 410 g/mol. The van der Waals surface area contributed by atoms with E-state index in [1.54, 1.807) is 37.9 Å². The van der Waals surface area contributed by atoms with Crippen LogP contribution in [-0.4, -0.2) is 68.2 Å². The van der Waals surface area contributed by atoms with Crippen molar-refractivity contribution in [3.63, 3.8) is 0 Å². The molecule has 0 aliphatic rings. The molecule has 10 heteroatoms. The molecule has 0 aliphatic heterocycles. The van der Waals surface area contributed by atoms with Crippen LogP contribution in [0.25, 0.3) is 17.0 Å². The first-order valence-corrected chi connectivity index (χ1v) is 9.97. The molecule has 0 spiro atoms. The van der Waals surface area contributed by atoms with Crippen LogP contribution < -0.4 is 5.32 Å². The largest absolute Gasteiger partial charge is 0.383 e. The summed E-state index contributed by atoms with van der Waals surface area (Å²) < 4.78 is 8.16. The zero-order valence-electron chi connectivity index (χ0n) is 18.0. The Kier molecular flexibility index (Phi) is 5.95. The van der Waals surface area contributed by atoms with Crippen LogP contribution in [0, 0.1) is 0 Å². The summed E-state index contributed by atoms with van der Waals surface area (Å²) in [6.07, 6.45) is 5.03. The van der Waals surface area contributed by atoms with E-state index in [2.05, 4.69) is 20.4 Å². The minimum Gasteiger partial charge on any atom is -0.383 e. The molecule has 10 nitrogen and oxygen atoms in total. The normalized spacial score (nSPS) is 11.0. The van der Waals surface area contributed by atoms with Crippen LogP contribution in [0.2, 0.25) is 0 Å². The van der Waals surface area contributed by atoms with Gasteiger partial charge in [-0.15, -0.1) is 0 Å². The zero-order chi connectivity index (χ0) is 22.7. The molecule has 0 aliphatic carbocycles. The highest BCUT2D eigenvalue weighted by molar-refractivity contribution is 6.10. The number of aryl methyl sites for hydroxylation is 1. The summed E-state index contributed by atoms with van der Waals surface area (Å²) in [6, 6.07) is 11.4. The van der Waals surface area contributed by atoms with Gasteiger partial charge in [-0.1, -0.05) is 30.3 Å². The fourth-order valence-electron chi connectivity index (χ4n) is 3.26. The summed E-state index contributed by atoms with van der Waals surface area (Å²) >= 11 is 0. The van der Waals surface area contributed by atoms with Crippen molar-refractivity contribution in [3.8, 4) is 11.3 Å². The fourth-order valence-corrected chi connectivity index (χ4v) is 3.26. The van der Waals surface area contributed by atoms with E-state index in [0.29, 0.717) is 24.7 Å². The van der Waals surface area contributed by atoms with Gasteiger partial charge < -0.3 is 15.0 Å². The van der Waals surface area contributed by atoms with Crippen molar-refractivity contribution in [3.05, 3.63) is 66.2 Å². The number of hydrogen-bond acceptors (Lipinski definition) is 6. The summed E-state index contributed by atoms with van der Waals surface area (Å²) in [5, 5.41) is 6.83. The standard InChI is InChI=1S/C22H23N7O3/c1-27(11-12-32-3)21(31)16-13-23-28(2)19(16)20(30)25-18-9-10-29-14-17(24-22(29)26-18)15-7-5-4-6-8-15/h4-10,13-14H,11-12H2,1-3H3,(H,24,25,26,30). The fraction of sp³-hybridized carbons (Fsp3) is 0.227. The summed E-state index contributed by atoms with van der Waals surface area (Å²) in [7, 11) is 4.82. The van der Waals surface area contributed by atoms with Gasteiger partial charge in [0.05, 0.1) is 24.1 Å². The first-order valence-electron chi connectivity index (χ1n) is 9.97. The van der Waals surface area contributed by atoms with E-state index in [1.807, 2.05) is 36.5 Å². The number of ether oxygens (including phenoxy) is 1. The van der Waals surface area contributed by atoms with Crippen LogP contribution in [0.4, 0.5) is 5.82 Å². The van der Waals surface area contributed by atoms with Gasteiger partial charge in [-0.25, -0.2) is 4.98 Å². The molecule has 0 saturated heterocycles. The van der Waals surface area contributed by atoms with Crippen LogP contribution in [-0.2, 0) is 11.8 Å². The number of hydrogen-bond donors (Lipinski definition) is 1. The van der Waals surface area contributed by atoms with Crippen molar-refractivity contribution in [1.82, 2.24) is 29.0 Å². The molecule has 2 amide bonds. The van der Waals surface area contributed by atoms with Crippen molar-refractivity contribution in [2.24, 2.45) is 7.05 Å². The highest BCUT2D eigenvalue weighted by Crippen LogP contribution is 2.19. The van der Waals surface area contributed by atoms with Gasteiger partial charge in [0.2, 0.25) is 5.78 Å². The quantitative estimate of drug-likeness (QED) is 0.478. The second kappa shape index (κ2) is 8.98. The molecular formula is C22H23N7O3. The van der Waals surface area contributed by atoms with E-state index in [9.17, 15) is 9.59 Å². The SMILES string of the molecule is COCCN(C)C(=O)c1cnn(C)c1C(=O)Nc1ccn2cc(-c3ccccc3)nc2n1. The molecule has 1 aromatic carbocycles. The van der Waals surface area contributed by atoms with Gasteiger partial charge in [-0.2, -0.15) is 10.1 Å². The number of nitrogens with one attached hydrogen (secondary N) is 1. The molecule has 4 rings (SSSR count). The Labute approximate surface area is 184 Å². The molecule has 0 saturated carbocycles. The third kappa shape index (κ3) is 4.21. The third-order valence-corrected chi connectivity index (χ3v) is 5.00. The zero-order valence-corrected chi connectivity index (χ0v) is 18.0. The van der Waals surface area contributed by atoms with Gasteiger partial charge in [0.1, 0.15) is 11.5 Å². The van der Waals surface area contributed by atoms with Crippen molar-refractivity contribution in [2.45, 2.75) is 0 Å². The number of rotatable bonds is 7. The number of amides is 2. The second-order valence-corrected chi connectivity index (χ2v) is 7.22. The Morgan fingerprint density at radius 2 is 1.94 bits per heavy atom. The third-order valence-electron chi connectivity index (χ3n) is 5.00. The van der Waals surface area contributed by atoms with Crippen molar-refractivity contribution >= 4 is 23.4 Å². The molecule has 4 aromatic rings. The van der Waals surface area contributed by atoms with Crippen molar-refractivity contribution in [2.75, 3.05) is 32.6 Å². The Morgan fingerprint density at radius 1 is 1.16 bits per heavy atom. The molecule has 0 unspecified atom stereocenters. The molecule has 3 aromatic heterocycles. The Balaban J connectivity index is 1.57. The number of methoxy groups -OCH3 is 1. The number of carbonyl (C=O) groups excluding carboxylic acids is 2. The summed E-state index contributed by atoms with van der Waals surface area (Å²) in [6.45, 7) is 0.788.